The van der Waals surface area contributed by atoms with Gasteiger partial charge in [0, 0.05) is 37.9 Å². The second-order valence-corrected chi connectivity index (χ2v) is 6.46. The summed E-state index contributed by atoms with van der Waals surface area (Å²) in [6.45, 7) is 5.04. The van der Waals surface area contributed by atoms with Crippen molar-refractivity contribution >= 4 is 17.9 Å². The maximum atomic E-state index is 10.6. The van der Waals surface area contributed by atoms with Gasteiger partial charge in [0.1, 0.15) is 5.82 Å². The Morgan fingerprint density at radius 2 is 2.20 bits per heavy atom. The number of aryl methyl sites for hydroxylation is 1. The van der Waals surface area contributed by atoms with Crippen molar-refractivity contribution < 1.29 is 9.90 Å². The maximum absolute atomic E-state index is 10.6. The molecule has 2 aromatic rings. The molecule has 0 aliphatic carbocycles. The molecule has 1 saturated heterocycles. The monoisotopic (exact) mass is 337 g/mol. The van der Waals surface area contributed by atoms with E-state index in [1.807, 2.05) is 19.1 Å². The van der Waals surface area contributed by atoms with Crippen LogP contribution in [0, 0.1) is 6.92 Å². The molecule has 25 heavy (non-hydrogen) atoms. The lowest BCUT2D eigenvalue weighted by Crippen LogP contribution is -2.26. The molecule has 1 aliphatic heterocycles. The molecule has 3 rings (SSSR count). The highest BCUT2D eigenvalue weighted by molar-refractivity contribution is 5.85. The summed E-state index contributed by atoms with van der Waals surface area (Å²) in [5, 5.41) is 12.2. The van der Waals surface area contributed by atoms with Crippen LogP contribution < -0.4 is 5.32 Å². The van der Waals surface area contributed by atoms with Gasteiger partial charge in [-0.25, -0.2) is 9.78 Å². The predicted octanol–water partition coefficient (Wildman–Crippen LogP) is 3.17. The first-order chi connectivity index (χ1) is 12.1. The van der Waals surface area contributed by atoms with Crippen LogP contribution in [0.25, 0.3) is 6.08 Å². The smallest absolute Gasteiger partial charge is 0.328 e. The highest BCUT2D eigenvalue weighted by atomic mass is 16.4. The van der Waals surface area contributed by atoms with Gasteiger partial charge >= 0.3 is 5.97 Å². The average Bonchev–Trinajstić information content (AvgIpc) is 3.03. The zero-order chi connectivity index (χ0) is 17.6. The number of rotatable bonds is 6. The molecule has 1 aromatic heterocycles. The minimum atomic E-state index is -0.954. The Morgan fingerprint density at radius 1 is 1.40 bits per heavy atom. The number of carboxylic acid groups (broad SMARTS) is 1. The van der Waals surface area contributed by atoms with Gasteiger partial charge in [-0.2, -0.15) is 0 Å². The van der Waals surface area contributed by atoms with Crippen molar-refractivity contribution in [3.8, 4) is 0 Å². The van der Waals surface area contributed by atoms with E-state index in [0.717, 1.165) is 49.1 Å². The summed E-state index contributed by atoms with van der Waals surface area (Å²) < 4.78 is 0. The fourth-order valence-corrected chi connectivity index (χ4v) is 3.14. The van der Waals surface area contributed by atoms with E-state index in [9.17, 15) is 4.79 Å². The number of carbonyl (C=O) groups is 1. The lowest BCUT2D eigenvalue weighted by atomic mass is 10.1. The number of nitrogens with one attached hydrogen (secondary N) is 1. The number of benzene rings is 1. The normalized spacial score (nSPS) is 17.9. The first-order valence-corrected chi connectivity index (χ1v) is 8.50. The van der Waals surface area contributed by atoms with Crippen LogP contribution in [0.4, 0.5) is 5.82 Å². The van der Waals surface area contributed by atoms with E-state index in [0.29, 0.717) is 6.04 Å². The van der Waals surface area contributed by atoms with E-state index >= 15 is 0 Å². The number of likely N-dealkylation sites (tertiary alicyclic amines) is 1. The van der Waals surface area contributed by atoms with Gasteiger partial charge in [-0.3, -0.25) is 4.90 Å². The van der Waals surface area contributed by atoms with Gasteiger partial charge in [0.15, 0.2) is 0 Å². The highest BCUT2D eigenvalue weighted by Gasteiger charge is 2.22. The van der Waals surface area contributed by atoms with Gasteiger partial charge in [0.25, 0.3) is 0 Å². The summed E-state index contributed by atoms with van der Waals surface area (Å²) in [5.41, 5.74) is 3.16. The third-order valence-corrected chi connectivity index (χ3v) is 4.38. The summed E-state index contributed by atoms with van der Waals surface area (Å²) in [4.78, 5) is 17.5. The number of pyridine rings is 1. The topological polar surface area (TPSA) is 65.5 Å². The summed E-state index contributed by atoms with van der Waals surface area (Å²) in [6.07, 6.45) is 5.48. The van der Waals surface area contributed by atoms with Gasteiger partial charge in [-0.05, 0) is 42.2 Å². The minimum absolute atomic E-state index is 0.385. The Hall–Kier alpha value is -2.66. The molecule has 130 valence electrons. The van der Waals surface area contributed by atoms with Gasteiger partial charge in [-0.1, -0.05) is 30.3 Å². The number of nitrogens with zero attached hydrogens (tertiary/aromatic N) is 2. The van der Waals surface area contributed by atoms with Crippen LogP contribution in [-0.4, -0.2) is 40.1 Å². The van der Waals surface area contributed by atoms with Crippen LogP contribution in [0.1, 0.15) is 23.1 Å². The highest BCUT2D eigenvalue weighted by Crippen LogP contribution is 2.20. The first kappa shape index (κ1) is 17.2. The molecule has 0 unspecified atom stereocenters. The van der Waals surface area contributed by atoms with E-state index in [2.05, 4.69) is 39.5 Å². The predicted molar refractivity (Wildman–Crippen MR) is 99.4 cm³/mol. The molecule has 5 heteroatoms. The van der Waals surface area contributed by atoms with Gasteiger partial charge in [0.05, 0.1) is 0 Å². The van der Waals surface area contributed by atoms with E-state index in [1.54, 1.807) is 12.3 Å². The summed E-state index contributed by atoms with van der Waals surface area (Å²) in [7, 11) is 0. The first-order valence-electron chi connectivity index (χ1n) is 8.50. The number of hydrogen-bond donors (Lipinski definition) is 2. The zero-order valence-electron chi connectivity index (χ0n) is 14.4. The van der Waals surface area contributed by atoms with Crippen molar-refractivity contribution in [2.24, 2.45) is 0 Å². The van der Waals surface area contributed by atoms with Crippen LogP contribution in [0.5, 0.6) is 0 Å². The molecular formula is C20H23N3O2. The quantitative estimate of drug-likeness (QED) is 0.793. The van der Waals surface area contributed by atoms with Crippen LogP contribution in [0.2, 0.25) is 0 Å². The lowest BCUT2D eigenvalue weighted by Gasteiger charge is -2.18. The fraction of sp³-hybridized carbons (Fsp3) is 0.300. The number of carboxylic acids is 1. The molecule has 1 aliphatic rings. The second-order valence-electron chi connectivity index (χ2n) is 6.46. The van der Waals surface area contributed by atoms with E-state index in [-0.39, 0.29) is 0 Å². The van der Waals surface area contributed by atoms with Crippen molar-refractivity contribution in [2.45, 2.75) is 25.9 Å². The van der Waals surface area contributed by atoms with Crippen molar-refractivity contribution in [2.75, 3.05) is 18.4 Å². The Labute approximate surface area is 148 Å². The molecule has 0 bridgehead atoms. The SMILES string of the molecule is Cc1cc(C=CC(=O)O)cnc1N[C@@H]1CCN(Cc2ccccc2)C1. The van der Waals surface area contributed by atoms with Crippen LogP contribution in [0.3, 0.4) is 0 Å². The average molecular weight is 337 g/mol. The van der Waals surface area contributed by atoms with Crippen molar-refractivity contribution in [3.63, 3.8) is 0 Å². The lowest BCUT2D eigenvalue weighted by molar-refractivity contribution is -0.131. The summed E-state index contributed by atoms with van der Waals surface area (Å²) >= 11 is 0. The zero-order valence-corrected chi connectivity index (χ0v) is 14.4. The molecular weight excluding hydrogens is 314 g/mol. The molecule has 5 nitrogen and oxygen atoms in total. The molecule has 2 N–H and O–H groups in total. The number of hydrogen-bond acceptors (Lipinski definition) is 4. The van der Waals surface area contributed by atoms with Crippen LogP contribution >= 0.6 is 0 Å². The second kappa shape index (κ2) is 7.94. The Balaban J connectivity index is 1.57. The standard InChI is InChI=1S/C20H23N3O2/c1-15-11-17(7-8-19(24)25)12-21-20(15)22-18-9-10-23(14-18)13-16-5-3-2-4-6-16/h2-8,11-12,18H,9-10,13-14H2,1H3,(H,21,22)(H,24,25)/t18-/m1/s1. The van der Waals surface area contributed by atoms with Gasteiger partial charge in [-0.15, -0.1) is 0 Å². The van der Waals surface area contributed by atoms with Crippen LogP contribution in [0.15, 0.2) is 48.7 Å². The third kappa shape index (κ3) is 4.90. The van der Waals surface area contributed by atoms with E-state index in [1.165, 1.54) is 5.56 Å². The van der Waals surface area contributed by atoms with Gasteiger partial charge < -0.3 is 10.4 Å². The third-order valence-electron chi connectivity index (χ3n) is 4.38. The minimum Gasteiger partial charge on any atom is -0.478 e. The van der Waals surface area contributed by atoms with Crippen molar-refractivity contribution in [3.05, 3.63) is 65.4 Å². The maximum Gasteiger partial charge on any atom is 0.328 e. The molecule has 1 aromatic carbocycles. The number of aromatic nitrogens is 1. The molecule has 0 saturated carbocycles. The summed E-state index contributed by atoms with van der Waals surface area (Å²) in [5.74, 6) is -0.0802. The summed E-state index contributed by atoms with van der Waals surface area (Å²) in [6, 6.07) is 12.9. The van der Waals surface area contributed by atoms with E-state index < -0.39 is 5.97 Å². The fourth-order valence-electron chi connectivity index (χ4n) is 3.14. The Morgan fingerprint density at radius 3 is 2.92 bits per heavy atom. The van der Waals surface area contributed by atoms with Gasteiger partial charge in [0.2, 0.25) is 0 Å². The molecule has 0 radical (unpaired) electrons. The molecule has 2 heterocycles. The molecule has 0 spiro atoms. The molecule has 0 amide bonds. The van der Waals surface area contributed by atoms with Crippen molar-refractivity contribution in [1.29, 1.82) is 0 Å². The van der Waals surface area contributed by atoms with Crippen LogP contribution in [-0.2, 0) is 11.3 Å². The Kier molecular flexibility index (Phi) is 5.46. The Bertz CT molecular complexity index is 759. The largest absolute Gasteiger partial charge is 0.478 e. The number of aliphatic carboxylic acids is 1. The molecule has 1 fully saturated rings. The molecule has 1 atom stereocenters. The van der Waals surface area contributed by atoms with Crippen molar-refractivity contribution in [1.82, 2.24) is 9.88 Å². The number of anilines is 1. The van der Waals surface area contributed by atoms with E-state index in [4.69, 9.17) is 5.11 Å².